The first-order valence-corrected chi connectivity index (χ1v) is 45.4. The predicted octanol–water partition coefficient (Wildman–Crippen LogP) is 24.5. The molecule has 0 fully saturated rings. The van der Waals surface area contributed by atoms with Gasteiger partial charge in [-0.25, -0.2) is 9.13 Å². The summed E-state index contributed by atoms with van der Waals surface area (Å²) >= 11 is 0. The average molecular weight is 1480 g/mol. The zero-order valence-corrected chi connectivity index (χ0v) is 68.2. The molecule has 0 aliphatic carbocycles. The van der Waals surface area contributed by atoms with Crippen molar-refractivity contribution in [1.29, 1.82) is 0 Å². The van der Waals surface area contributed by atoms with E-state index in [0.717, 1.165) is 108 Å². The van der Waals surface area contributed by atoms with Gasteiger partial charge in [-0.3, -0.25) is 37.3 Å². The van der Waals surface area contributed by atoms with Gasteiger partial charge in [0.1, 0.15) is 19.3 Å². The molecule has 17 nitrogen and oxygen atoms in total. The number of carbonyl (C=O) groups is 4. The van der Waals surface area contributed by atoms with E-state index in [0.29, 0.717) is 25.7 Å². The van der Waals surface area contributed by atoms with E-state index in [-0.39, 0.29) is 25.7 Å². The second kappa shape index (κ2) is 72.3. The van der Waals surface area contributed by atoms with Crippen LogP contribution < -0.4 is 0 Å². The minimum absolute atomic E-state index is 0.105. The van der Waals surface area contributed by atoms with Crippen LogP contribution in [0.25, 0.3) is 0 Å². The highest BCUT2D eigenvalue weighted by molar-refractivity contribution is 7.47. The predicted molar refractivity (Wildman–Crippen MR) is 414 cm³/mol. The molecule has 0 spiro atoms. The fourth-order valence-electron chi connectivity index (χ4n) is 12.6. The number of esters is 4. The molecule has 0 heterocycles. The topological polar surface area (TPSA) is 237 Å². The third kappa shape index (κ3) is 73.4. The van der Waals surface area contributed by atoms with E-state index in [9.17, 15) is 43.2 Å². The van der Waals surface area contributed by atoms with Crippen LogP contribution in [0.4, 0.5) is 0 Å². The van der Waals surface area contributed by atoms with Crippen LogP contribution in [-0.2, 0) is 65.4 Å². The molecular formula is C82H160O17P2. The van der Waals surface area contributed by atoms with Crippen LogP contribution in [0.1, 0.15) is 427 Å². The number of hydrogen-bond acceptors (Lipinski definition) is 15. The molecule has 0 amide bonds. The van der Waals surface area contributed by atoms with Crippen molar-refractivity contribution < 1.29 is 80.2 Å². The molecule has 0 aromatic rings. The number of unbranched alkanes of at least 4 members (excludes halogenated alkanes) is 46. The lowest BCUT2D eigenvalue weighted by Gasteiger charge is -2.21. The largest absolute Gasteiger partial charge is 0.472 e. The first kappa shape index (κ1) is 99.1. The molecule has 600 valence electrons. The van der Waals surface area contributed by atoms with Gasteiger partial charge in [-0.2, -0.15) is 0 Å². The molecule has 0 aromatic heterocycles. The van der Waals surface area contributed by atoms with Crippen molar-refractivity contribution in [2.24, 2.45) is 17.8 Å². The second-order valence-electron chi connectivity index (χ2n) is 30.5. The standard InChI is InChI=1S/C82H160O17P2/c1-8-11-12-13-14-15-34-42-49-56-63-79(84)92-70-78(99-82(87)66-59-52-45-38-37-41-48-55-62-75(7)10-3)72-97-101(90,91)95-68-76(83)67-94-100(88,89)96-71-77(69-93-80(85)64-57-50-43-35-30-26-23-22-24-28-32-39-46-53-60-73(4)5)98-81(86)65-58-51-44-36-31-27-21-19-17-16-18-20-25-29-33-40-47-54-61-74(6)9-2/h73-78,83H,8-72H2,1-7H3,(H,88,89)(H,90,91)/t74?,75?,76-,77-,78-/m1/s1. The summed E-state index contributed by atoms with van der Waals surface area (Å²) in [6, 6.07) is 0. The van der Waals surface area contributed by atoms with Crippen molar-refractivity contribution in [3.05, 3.63) is 0 Å². The molecule has 0 saturated carbocycles. The molecular weight excluding hydrogens is 1320 g/mol. The number of carbonyl (C=O) groups excluding carboxylic acids is 4. The quantitative estimate of drug-likeness (QED) is 0.0222. The SMILES string of the molecule is CCCCCCCCCCCCC(=O)OC[C@H](COP(=O)(O)OC[C@H](O)COP(=O)(O)OC[C@@H](COC(=O)CCCCCCCCCCCCCCCCC(C)C)OC(=O)CCCCCCCCCCCCCCCCCCCCC(C)CC)OC(=O)CCCCCCCCCCC(C)CC. The van der Waals surface area contributed by atoms with Crippen molar-refractivity contribution in [3.8, 4) is 0 Å². The van der Waals surface area contributed by atoms with Gasteiger partial charge in [0.25, 0.3) is 0 Å². The first-order chi connectivity index (χ1) is 48.8. The van der Waals surface area contributed by atoms with Gasteiger partial charge in [-0.15, -0.1) is 0 Å². The number of aliphatic hydroxyl groups excluding tert-OH is 1. The molecule has 0 radical (unpaired) electrons. The lowest BCUT2D eigenvalue weighted by atomic mass is 9.99. The summed E-state index contributed by atoms with van der Waals surface area (Å²) in [5.74, 6) is 0.328. The van der Waals surface area contributed by atoms with E-state index in [1.54, 1.807) is 0 Å². The van der Waals surface area contributed by atoms with Gasteiger partial charge in [0.15, 0.2) is 12.2 Å². The van der Waals surface area contributed by atoms with Crippen LogP contribution in [0.15, 0.2) is 0 Å². The van der Waals surface area contributed by atoms with Gasteiger partial charge < -0.3 is 33.8 Å². The van der Waals surface area contributed by atoms with Gasteiger partial charge in [-0.1, -0.05) is 376 Å². The average Bonchev–Trinajstić information content (AvgIpc) is 0.985. The summed E-state index contributed by atoms with van der Waals surface area (Å²) in [6.45, 7) is 12.0. The van der Waals surface area contributed by atoms with Crippen LogP contribution in [0.3, 0.4) is 0 Å². The van der Waals surface area contributed by atoms with E-state index in [4.69, 9.17) is 37.0 Å². The molecule has 0 aliphatic rings. The van der Waals surface area contributed by atoms with Crippen LogP contribution in [0.5, 0.6) is 0 Å². The fourth-order valence-corrected chi connectivity index (χ4v) is 14.2. The molecule has 0 aromatic carbocycles. The number of phosphoric ester groups is 2. The lowest BCUT2D eigenvalue weighted by Crippen LogP contribution is -2.30. The summed E-state index contributed by atoms with van der Waals surface area (Å²) in [7, 11) is -9.92. The Morgan fingerprint density at radius 2 is 0.505 bits per heavy atom. The maximum Gasteiger partial charge on any atom is 0.472 e. The summed E-state index contributed by atoms with van der Waals surface area (Å²) in [5, 5.41) is 10.6. The van der Waals surface area contributed by atoms with E-state index in [2.05, 4.69) is 48.5 Å². The summed E-state index contributed by atoms with van der Waals surface area (Å²) in [4.78, 5) is 73.0. The molecule has 0 rings (SSSR count). The van der Waals surface area contributed by atoms with Crippen molar-refractivity contribution in [3.63, 3.8) is 0 Å². The molecule has 0 saturated heterocycles. The minimum atomic E-state index is -4.96. The smallest absolute Gasteiger partial charge is 0.462 e. The zero-order valence-electron chi connectivity index (χ0n) is 66.4. The molecule has 0 bridgehead atoms. The van der Waals surface area contributed by atoms with Crippen molar-refractivity contribution >= 4 is 39.5 Å². The number of hydrogen-bond donors (Lipinski definition) is 3. The van der Waals surface area contributed by atoms with E-state index in [1.807, 2.05) is 0 Å². The van der Waals surface area contributed by atoms with Gasteiger partial charge in [0.2, 0.25) is 0 Å². The molecule has 7 atom stereocenters. The van der Waals surface area contributed by atoms with Gasteiger partial charge in [0.05, 0.1) is 26.4 Å². The van der Waals surface area contributed by atoms with Gasteiger partial charge >= 0.3 is 39.5 Å². The van der Waals surface area contributed by atoms with E-state index >= 15 is 0 Å². The van der Waals surface area contributed by atoms with Gasteiger partial charge in [-0.05, 0) is 43.4 Å². The van der Waals surface area contributed by atoms with Gasteiger partial charge in [0, 0.05) is 25.7 Å². The molecule has 3 N–H and O–H groups in total. The highest BCUT2D eigenvalue weighted by Gasteiger charge is 2.30. The maximum atomic E-state index is 13.1. The first-order valence-electron chi connectivity index (χ1n) is 42.4. The summed E-state index contributed by atoms with van der Waals surface area (Å²) in [5.41, 5.74) is 0. The second-order valence-corrected chi connectivity index (χ2v) is 33.4. The molecule has 19 heteroatoms. The highest BCUT2D eigenvalue weighted by atomic mass is 31.2. The Morgan fingerprint density at radius 3 is 0.752 bits per heavy atom. The minimum Gasteiger partial charge on any atom is -0.462 e. The maximum absolute atomic E-state index is 13.1. The van der Waals surface area contributed by atoms with E-state index in [1.165, 1.54) is 238 Å². The zero-order chi connectivity index (χ0) is 74.4. The summed E-state index contributed by atoms with van der Waals surface area (Å²) in [6.07, 6.45) is 61.0. The van der Waals surface area contributed by atoms with Crippen molar-refractivity contribution in [1.82, 2.24) is 0 Å². The van der Waals surface area contributed by atoms with Crippen molar-refractivity contribution in [2.45, 2.75) is 446 Å². The summed E-state index contributed by atoms with van der Waals surface area (Å²) < 4.78 is 68.7. The number of ether oxygens (including phenoxy) is 4. The molecule has 0 aliphatic heterocycles. The Hall–Kier alpha value is -1.94. The van der Waals surface area contributed by atoms with Crippen LogP contribution in [-0.4, -0.2) is 96.7 Å². The van der Waals surface area contributed by atoms with E-state index < -0.39 is 97.5 Å². The van der Waals surface area contributed by atoms with Crippen LogP contribution >= 0.6 is 15.6 Å². The lowest BCUT2D eigenvalue weighted by molar-refractivity contribution is -0.161. The monoisotopic (exact) mass is 1480 g/mol. The van der Waals surface area contributed by atoms with Crippen molar-refractivity contribution in [2.75, 3.05) is 39.6 Å². The third-order valence-corrected chi connectivity index (χ3v) is 21.8. The fraction of sp³-hybridized carbons (Fsp3) is 0.951. The number of rotatable bonds is 80. The Bertz CT molecular complexity index is 1960. The Morgan fingerprint density at radius 1 is 0.287 bits per heavy atom. The highest BCUT2D eigenvalue weighted by Crippen LogP contribution is 2.45. The molecule has 4 unspecified atom stereocenters. The molecule has 101 heavy (non-hydrogen) atoms. The normalized spacial score (nSPS) is 14.5. The Kier molecular flexibility index (Phi) is 70.9. The van der Waals surface area contributed by atoms with Crippen LogP contribution in [0, 0.1) is 17.8 Å². The third-order valence-electron chi connectivity index (χ3n) is 19.9. The number of aliphatic hydroxyl groups is 1. The Balaban J connectivity index is 5.21. The Labute approximate surface area is 619 Å². The number of phosphoric acid groups is 2. The van der Waals surface area contributed by atoms with Crippen LogP contribution in [0.2, 0.25) is 0 Å².